The summed E-state index contributed by atoms with van der Waals surface area (Å²) in [5.74, 6) is 0.571. The van der Waals surface area contributed by atoms with E-state index in [4.69, 9.17) is 9.15 Å². The normalized spacial score (nSPS) is 16.7. The summed E-state index contributed by atoms with van der Waals surface area (Å²) in [4.78, 5) is 30.1. The molecule has 2 aromatic heterocycles. The third kappa shape index (κ3) is 3.80. The quantitative estimate of drug-likeness (QED) is 0.753. The van der Waals surface area contributed by atoms with Gasteiger partial charge in [-0.3, -0.25) is 9.59 Å². The summed E-state index contributed by atoms with van der Waals surface area (Å²) in [6.07, 6.45) is 2.72. The number of pyridine rings is 1. The fraction of sp³-hybridized carbons (Fsp3) is 0.333. The third-order valence-corrected chi connectivity index (χ3v) is 4.88. The lowest BCUT2D eigenvalue weighted by molar-refractivity contribution is -0.142. The minimum Gasteiger partial charge on any atom is -0.467 e. The van der Waals surface area contributed by atoms with Gasteiger partial charge in [-0.2, -0.15) is 0 Å². The second-order valence-electron chi connectivity index (χ2n) is 6.99. The van der Waals surface area contributed by atoms with E-state index in [0.717, 1.165) is 22.9 Å². The van der Waals surface area contributed by atoms with Crippen LogP contribution in [0.15, 0.2) is 51.9 Å². The molecule has 0 radical (unpaired) electrons. The van der Waals surface area contributed by atoms with Crippen LogP contribution in [0.4, 0.5) is 0 Å². The molecule has 0 bridgehead atoms. The number of benzene rings is 1. The smallest absolute Gasteiger partial charge is 0.253 e. The highest BCUT2D eigenvalue weighted by molar-refractivity contribution is 5.82. The van der Waals surface area contributed by atoms with Crippen molar-refractivity contribution < 1.29 is 13.9 Å². The van der Waals surface area contributed by atoms with Crippen LogP contribution in [0.3, 0.4) is 0 Å². The summed E-state index contributed by atoms with van der Waals surface area (Å²) in [6.45, 7) is 3.09. The molecular formula is C21H22N2O4. The number of nitrogens with one attached hydrogen (secondary N) is 1. The first kappa shape index (κ1) is 17.5. The molecule has 0 unspecified atom stereocenters. The second kappa shape index (κ2) is 7.40. The van der Waals surface area contributed by atoms with Crippen LogP contribution < -0.4 is 5.56 Å². The van der Waals surface area contributed by atoms with Gasteiger partial charge in [-0.05, 0) is 55.0 Å². The van der Waals surface area contributed by atoms with Crippen LogP contribution in [-0.4, -0.2) is 28.5 Å². The van der Waals surface area contributed by atoms with Crippen LogP contribution in [0.2, 0.25) is 0 Å². The van der Waals surface area contributed by atoms with E-state index in [9.17, 15) is 9.59 Å². The number of H-pyrrole nitrogens is 1. The number of carbonyl (C=O) groups is 1. The molecule has 1 aromatic carbocycles. The Labute approximate surface area is 156 Å². The molecular weight excluding hydrogens is 344 g/mol. The summed E-state index contributed by atoms with van der Waals surface area (Å²) in [6, 6.07) is 11.4. The lowest BCUT2D eigenvalue weighted by Gasteiger charge is -2.24. The molecule has 1 aliphatic rings. The molecule has 0 aliphatic carbocycles. The molecule has 0 spiro atoms. The summed E-state index contributed by atoms with van der Waals surface area (Å²) in [7, 11) is 0. The van der Waals surface area contributed by atoms with Crippen molar-refractivity contribution in [1.29, 1.82) is 0 Å². The molecule has 3 aromatic rings. The highest BCUT2D eigenvalue weighted by Gasteiger charge is 2.29. The number of rotatable bonds is 5. The number of aromatic amines is 1. The van der Waals surface area contributed by atoms with Crippen molar-refractivity contribution in [3.8, 4) is 0 Å². The van der Waals surface area contributed by atoms with Crippen molar-refractivity contribution in [3.05, 3.63) is 69.9 Å². The van der Waals surface area contributed by atoms with Gasteiger partial charge in [0.1, 0.15) is 11.9 Å². The first-order chi connectivity index (χ1) is 13.1. The average molecular weight is 366 g/mol. The van der Waals surface area contributed by atoms with Crippen molar-refractivity contribution in [2.24, 2.45) is 0 Å². The van der Waals surface area contributed by atoms with Gasteiger partial charge in [-0.15, -0.1) is 0 Å². The number of carbonyl (C=O) groups excluding carboxylic acids is 1. The summed E-state index contributed by atoms with van der Waals surface area (Å²) in [5.41, 5.74) is 2.24. The molecule has 1 aliphatic heterocycles. The number of furan rings is 1. The minimum absolute atomic E-state index is 0.104. The van der Waals surface area contributed by atoms with E-state index in [1.54, 1.807) is 17.2 Å². The predicted molar refractivity (Wildman–Crippen MR) is 101 cm³/mol. The second-order valence-corrected chi connectivity index (χ2v) is 6.99. The number of aromatic nitrogens is 1. The molecule has 1 amide bonds. The number of hydrogen-bond donors (Lipinski definition) is 1. The molecule has 1 saturated heterocycles. The van der Waals surface area contributed by atoms with Gasteiger partial charge >= 0.3 is 0 Å². The lowest BCUT2D eigenvalue weighted by atomic mass is 10.1. The van der Waals surface area contributed by atoms with Crippen LogP contribution in [0.1, 0.15) is 29.7 Å². The molecule has 0 saturated carbocycles. The fourth-order valence-corrected chi connectivity index (χ4v) is 3.46. The van der Waals surface area contributed by atoms with E-state index >= 15 is 0 Å². The first-order valence-electron chi connectivity index (χ1n) is 9.15. The maximum absolute atomic E-state index is 12.9. The molecule has 6 nitrogen and oxygen atoms in total. The number of nitrogens with zero attached hydrogens (tertiary/aromatic N) is 1. The standard InChI is InChI=1S/C21H22N2O4/c1-14-6-7-15-11-16(20(24)22-18(15)10-14)12-23(13-17-4-2-8-26-17)21(25)19-5-3-9-27-19/h2,4,6-8,10-11,19H,3,5,9,12-13H2,1H3,(H,22,24)/t19-/m0/s1. The highest BCUT2D eigenvalue weighted by Crippen LogP contribution is 2.19. The number of amides is 1. The van der Waals surface area contributed by atoms with Crippen molar-refractivity contribution in [3.63, 3.8) is 0 Å². The summed E-state index contributed by atoms with van der Waals surface area (Å²) < 4.78 is 11.0. The fourth-order valence-electron chi connectivity index (χ4n) is 3.46. The van der Waals surface area contributed by atoms with E-state index in [2.05, 4.69) is 4.98 Å². The Hall–Kier alpha value is -2.86. The van der Waals surface area contributed by atoms with E-state index in [-0.39, 0.29) is 18.0 Å². The molecule has 1 fully saturated rings. The topological polar surface area (TPSA) is 75.5 Å². The van der Waals surface area contributed by atoms with Crippen LogP contribution in [-0.2, 0) is 22.6 Å². The maximum Gasteiger partial charge on any atom is 0.253 e. The van der Waals surface area contributed by atoms with Crippen LogP contribution in [0, 0.1) is 6.92 Å². The van der Waals surface area contributed by atoms with Gasteiger partial charge in [0.15, 0.2) is 0 Å². The Balaban J connectivity index is 1.64. The van der Waals surface area contributed by atoms with Crippen molar-refractivity contribution in [1.82, 2.24) is 9.88 Å². The van der Waals surface area contributed by atoms with Gasteiger partial charge in [-0.1, -0.05) is 12.1 Å². The number of aryl methyl sites for hydroxylation is 1. The van der Waals surface area contributed by atoms with Gasteiger partial charge in [-0.25, -0.2) is 0 Å². The zero-order valence-electron chi connectivity index (χ0n) is 15.2. The average Bonchev–Trinajstić information content (AvgIpc) is 3.35. The van der Waals surface area contributed by atoms with Crippen molar-refractivity contribution in [2.45, 2.75) is 39.0 Å². The molecule has 6 heteroatoms. The Morgan fingerprint density at radius 1 is 1.26 bits per heavy atom. The van der Waals surface area contributed by atoms with Crippen molar-refractivity contribution in [2.75, 3.05) is 6.61 Å². The minimum atomic E-state index is -0.442. The predicted octanol–water partition coefficient (Wildman–Crippen LogP) is 3.14. The largest absolute Gasteiger partial charge is 0.467 e. The van der Waals surface area contributed by atoms with E-state index in [0.29, 0.717) is 30.9 Å². The molecule has 3 heterocycles. The van der Waals surface area contributed by atoms with Gasteiger partial charge < -0.3 is 19.0 Å². The van der Waals surface area contributed by atoms with Crippen LogP contribution in [0.25, 0.3) is 10.9 Å². The zero-order chi connectivity index (χ0) is 18.8. The van der Waals surface area contributed by atoms with Gasteiger partial charge in [0.25, 0.3) is 11.5 Å². The third-order valence-electron chi connectivity index (χ3n) is 4.88. The van der Waals surface area contributed by atoms with E-state index < -0.39 is 6.10 Å². The Bertz CT molecular complexity index is 1000. The Morgan fingerprint density at radius 3 is 2.89 bits per heavy atom. The van der Waals surface area contributed by atoms with Crippen molar-refractivity contribution >= 4 is 16.8 Å². The van der Waals surface area contributed by atoms with Gasteiger partial charge in [0.05, 0.1) is 19.4 Å². The SMILES string of the molecule is Cc1ccc2cc(CN(Cc3ccco3)C(=O)[C@@H]3CCCO3)c(=O)[nH]c2c1. The van der Waals surface area contributed by atoms with E-state index in [1.165, 1.54) is 0 Å². The molecule has 27 heavy (non-hydrogen) atoms. The lowest BCUT2D eigenvalue weighted by Crippen LogP contribution is -2.39. The van der Waals surface area contributed by atoms with Gasteiger partial charge in [0.2, 0.25) is 0 Å². The molecule has 4 rings (SSSR count). The number of hydrogen-bond acceptors (Lipinski definition) is 4. The first-order valence-corrected chi connectivity index (χ1v) is 9.15. The van der Waals surface area contributed by atoms with Crippen LogP contribution >= 0.6 is 0 Å². The summed E-state index contributed by atoms with van der Waals surface area (Å²) >= 11 is 0. The molecule has 1 atom stereocenters. The maximum atomic E-state index is 12.9. The number of fused-ring (bicyclic) bond motifs is 1. The highest BCUT2D eigenvalue weighted by atomic mass is 16.5. The Kier molecular flexibility index (Phi) is 4.81. The molecule has 140 valence electrons. The van der Waals surface area contributed by atoms with Crippen LogP contribution in [0.5, 0.6) is 0 Å². The summed E-state index contributed by atoms with van der Waals surface area (Å²) in [5, 5.41) is 0.942. The zero-order valence-corrected chi connectivity index (χ0v) is 15.2. The number of ether oxygens (including phenoxy) is 1. The van der Waals surface area contributed by atoms with E-state index in [1.807, 2.05) is 37.3 Å². The van der Waals surface area contributed by atoms with Gasteiger partial charge in [0, 0.05) is 17.7 Å². The molecule has 1 N–H and O–H groups in total. The monoisotopic (exact) mass is 366 g/mol. The Morgan fingerprint density at radius 2 is 2.15 bits per heavy atom.